The van der Waals surface area contributed by atoms with Crippen LogP contribution in [0.2, 0.25) is 0 Å². The van der Waals surface area contributed by atoms with Gasteiger partial charge in [-0.15, -0.1) is 0 Å². The minimum atomic E-state index is 0.578. The molecule has 98 heavy (non-hydrogen) atoms. The standard InChI is InChI=1S/C91H60N6O/c1-4-23-61(24-5-1)82-58-66(84-36-18-20-52-92-84)45-48-78(82)76-33-14-12-31-74(76)69-55-68(56-70(57-69)75-32-13-15-34-77(75)79-49-46-67(85-37-19-21-53-93-85)59-83(79)62-25-6-2-7-26-62)73-30-11-10-29-72(73)63-41-43-65(44-42-63)91-94-54-51-90(96-91)97(89-40-22-38-86(95-89)64-27-8-3-9-28-64)71-47-50-81-80-35-16-17-39-87(80)98-88(81)60-71/h1-60H. The van der Waals surface area contributed by atoms with Gasteiger partial charge in [0.1, 0.15) is 22.8 Å². The van der Waals surface area contributed by atoms with Crippen LogP contribution in [0.3, 0.4) is 0 Å². The van der Waals surface area contributed by atoms with E-state index in [1.165, 1.54) is 0 Å². The molecule has 12 aromatic carbocycles. The summed E-state index contributed by atoms with van der Waals surface area (Å²) in [5.41, 5.74) is 26.8. The highest BCUT2D eigenvalue weighted by Gasteiger charge is 2.23. The van der Waals surface area contributed by atoms with Crippen LogP contribution in [0.15, 0.2) is 369 Å². The predicted octanol–water partition coefficient (Wildman–Crippen LogP) is 24.0. The first kappa shape index (κ1) is 58.6. The van der Waals surface area contributed by atoms with Crippen LogP contribution in [0.1, 0.15) is 0 Å². The minimum absolute atomic E-state index is 0.578. The summed E-state index contributed by atoms with van der Waals surface area (Å²) in [7, 11) is 0. The van der Waals surface area contributed by atoms with Crippen LogP contribution in [0.25, 0.3) is 156 Å². The number of benzene rings is 12. The first-order chi connectivity index (χ1) is 48.6. The molecule has 0 aliphatic carbocycles. The highest BCUT2D eigenvalue weighted by atomic mass is 16.3. The molecule has 0 fully saturated rings. The number of rotatable bonds is 15. The maximum absolute atomic E-state index is 6.46. The van der Waals surface area contributed by atoms with Crippen molar-refractivity contribution in [2.45, 2.75) is 0 Å². The lowest BCUT2D eigenvalue weighted by molar-refractivity contribution is 0.669. The maximum Gasteiger partial charge on any atom is 0.161 e. The van der Waals surface area contributed by atoms with E-state index in [4.69, 9.17) is 29.3 Å². The van der Waals surface area contributed by atoms with E-state index in [-0.39, 0.29) is 0 Å². The van der Waals surface area contributed by atoms with Crippen LogP contribution in [-0.2, 0) is 0 Å². The van der Waals surface area contributed by atoms with Gasteiger partial charge < -0.3 is 4.42 Å². The monoisotopic (exact) mass is 1250 g/mol. The Kier molecular flexibility index (Phi) is 15.5. The largest absolute Gasteiger partial charge is 0.456 e. The Morgan fingerprint density at radius 2 is 0.643 bits per heavy atom. The Morgan fingerprint density at radius 3 is 1.20 bits per heavy atom. The molecule has 17 aromatic rings. The van der Waals surface area contributed by atoms with Gasteiger partial charge in [0.2, 0.25) is 0 Å². The molecule has 7 nitrogen and oxygen atoms in total. The van der Waals surface area contributed by atoms with Crippen LogP contribution < -0.4 is 4.90 Å². The van der Waals surface area contributed by atoms with E-state index in [1.54, 1.807) is 0 Å². The summed E-state index contributed by atoms with van der Waals surface area (Å²) in [6, 6.07) is 122. The first-order valence-electron chi connectivity index (χ1n) is 32.9. The Morgan fingerprint density at radius 1 is 0.214 bits per heavy atom. The van der Waals surface area contributed by atoms with Crippen molar-refractivity contribution in [3.05, 3.63) is 364 Å². The molecule has 0 saturated carbocycles. The number of aromatic nitrogens is 5. The first-order valence-corrected chi connectivity index (χ1v) is 32.9. The molecule has 0 aliphatic heterocycles. The maximum atomic E-state index is 6.46. The second kappa shape index (κ2) is 25.9. The fourth-order valence-electron chi connectivity index (χ4n) is 13.6. The quantitative estimate of drug-likeness (QED) is 0.101. The highest BCUT2D eigenvalue weighted by Crippen LogP contribution is 2.47. The lowest BCUT2D eigenvalue weighted by atomic mass is 9.84. The van der Waals surface area contributed by atoms with E-state index in [0.717, 1.165) is 156 Å². The van der Waals surface area contributed by atoms with Crippen LogP contribution in [-0.4, -0.2) is 24.9 Å². The summed E-state index contributed by atoms with van der Waals surface area (Å²) in [4.78, 5) is 27.2. The highest BCUT2D eigenvalue weighted by molar-refractivity contribution is 6.06. The van der Waals surface area contributed by atoms with Gasteiger partial charge in [-0.2, -0.15) is 0 Å². The molecule has 0 unspecified atom stereocenters. The van der Waals surface area contributed by atoms with Crippen molar-refractivity contribution >= 4 is 39.3 Å². The molecule has 5 aromatic heterocycles. The van der Waals surface area contributed by atoms with Gasteiger partial charge in [-0.3, -0.25) is 14.9 Å². The number of para-hydroxylation sites is 1. The van der Waals surface area contributed by atoms with Gasteiger partial charge in [0.25, 0.3) is 0 Å². The lowest BCUT2D eigenvalue weighted by Gasteiger charge is -2.24. The molecule has 0 radical (unpaired) electrons. The van der Waals surface area contributed by atoms with Gasteiger partial charge in [-0.1, -0.05) is 249 Å². The van der Waals surface area contributed by atoms with Gasteiger partial charge in [0, 0.05) is 57.7 Å². The average Bonchev–Trinajstić information content (AvgIpc) is 1.26. The normalized spacial score (nSPS) is 11.3. The molecule has 0 N–H and O–H groups in total. The third-order valence-electron chi connectivity index (χ3n) is 18.3. The second-order valence-electron chi connectivity index (χ2n) is 24.3. The van der Waals surface area contributed by atoms with Gasteiger partial charge in [0.05, 0.1) is 22.8 Å². The molecule has 17 rings (SSSR count). The number of nitrogens with zero attached hydrogens (tertiary/aromatic N) is 6. The summed E-state index contributed by atoms with van der Waals surface area (Å²) in [6.45, 7) is 0. The van der Waals surface area contributed by atoms with Crippen LogP contribution in [0.4, 0.5) is 17.3 Å². The predicted molar refractivity (Wildman–Crippen MR) is 403 cm³/mol. The Bertz CT molecular complexity index is 5550. The molecular weight excluding hydrogens is 1190 g/mol. The minimum Gasteiger partial charge on any atom is -0.456 e. The number of furan rings is 1. The number of fused-ring (bicyclic) bond motifs is 3. The van der Waals surface area contributed by atoms with Crippen LogP contribution in [0.5, 0.6) is 0 Å². The van der Waals surface area contributed by atoms with Crippen LogP contribution >= 0.6 is 0 Å². The summed E-state index contributed by atoms with van der Waals surface area (Å²) in [5.74, 6) is 1.94. The van der Waals surface area contributed by atoms with Crippen molar-refractivity contribution < 1.29 is 4.42 Å². The molecule has 7 heteroatoms. The van der Waals surface area contributed by atoms with Gasteiger partial charge in [-0.05, 0) is 180 Å². The Balaban J connectivity index is 0.797. The zero-order chi connectivity index (χ0) is 65.1. The molecule has 0 bridgehead atoms. The fraction of sp³-hybridized carbons (Fsp3) is 0. The SMILES string of the molecule is c1ccc(-c2cccc(N(c3ccc4c(c3)oc3ccccc34)c3ccnc(-c4ccc(-c5ccccc5-c5cc(-c6ccccc6-c6ccc(-c7ccccn7)cc6-c6ccccc6)cc(-c6ccccc6-c6ccc(-c7ccccn7)cc6-c6ccccc6)c5)cc4)n3)n2)cc1. The van der Waals surface area contributed by atoms with Crippen molar-refractivity contribution in [1.29, 1.82) is 0 Å². The van der Waals surface area contributed by atoms with Crippen molar-refractivity contribution in [3.63, 3.8) is 0 Å². The molecule has 460 valence electrons. The number of anilines is 3. The second-order valence-corrected chi connectivity index (χ2v) is 24.3. The zero-order valence-electron chi connectivity index (χ0n) is 53.2. The van der Waals surface area contributed by atoms with E-state index in [2.05, 4.69) is 266 Å². The number of hydrogen-bond donors (Lipinski definition) is 0. The van der Waals surface area contributed by atoms with Gasteiger partial charge in [-0.25, -0.2) is 15.0 Å². The molecule has 0 aliphatic rings. The smallest absolute Gasteiger partial charge is 0.161 e. The van der Waals surface area contributed by atoms with Crippen LogP contribution in [0, 0.1) is 0 Å². The van der Waals surface area contributed by atoms with E-state index in [0.29, 0.717) is 17.5 Å². The van der Waals surface area contributed by atoms with Crippen molar-refractivity contribution in [1.82, 2.24) is 24.9 Å². The van der Waals surface area contributed by atoms with E-state index in [9.17, 15) is 0 Å². The average molecular weight is 1250 g/mol. The summed E-state index contributed by atoms with van der Waals surface area (Å²) in [5, 5.41) is 2.11. The topological polar surface area (TPSA) is 80.8 Å². The van der Waals surface area contributed by atoms with E-state index < -0.39 is 0 Å². The molecule has 0 amide bonds. The van der Waals surface area contributed by atoms with Crippen molar-refractivity contribution in [2.24, 2.45) is 0 Å². The van der Waals surface area contributed by atoms with E-state index in [1.807, 2.05) is 104 Å². The van der Waals surface area contributed by atoms with E-state index >= 15 is 0 Å². The zero-order valence-corrected chi connectivity index (χ0v) is 53.2. The Labute approximate surface area is 568 Å². The summed E-state index contributed by atoms with van der Waals surface area (Å²) >= 11 is 0. The Hall–Kier alpha value is -13.2. The summed E-state index contributed by atoms with van der Waals surface area (Å²) in [6.07, 6.45) is 5.54. The molecule has 0 saturated heterocycles. The van der Waals surface area contributed by atoms with Gasteiger partial charge in [0.15, 0.2) is 5.82 Å². The molecular formula is C91H60N6O. The van der Waals surface area contributed by atoms with Crippen molar-refractivity contribution in [3.8, 4) is 134 Å². The third kappa shape index (κ3) is 11.5. The summed E-state index contributed by atoms with van der Waals surface area (Å²) < 4.78 is 6.46. The number of hydrogen-bond acceptors (Lipinski definition) is 7. The fourth-order valence-corrected chi connectivity index (χ4v) is 13.6. The third-order valence-corrected chi connectivity index (χ3v) is 18.3. The lowest BCUT2D eigenvalue weighted by Crippen LogP contribution is -2.14. The molecule has 5 heterocycles. The van der Waals surface area contributed by atoms with Gasteiger partial charge >= 0.3 is 0 Å². The van der Waals surface area contributed by atoms with Crippen molar-refractivity contribution in [2.75, 3.05) is 4.90 Å². The number of pyridine rings is 3. The molecule has 0 atom stereocenters. The molecule has 0 spiro atoms.